The summed E-state index contributed by atoms with van der Waals surface area (Å²) in [6, 6.07) is 13.9. The van der Waals surface area contributed by atoms with Crippen LogP contribution in [0.3, 0.4) is 0 Å². The number of hydrogen-bond donors (Lipinski definition) is 0. The zero-order chi connectivity index (χ0) is 19.4. The predicted octanol–water partition coefficient (Wildman–Crippen LogP) is 4.48. The molecule has 3 rings (SSSR count). The second kappa shape index (κ2) is 9.08. The summed E-state index contributed by atoms with van der Waals surface area (Å²) in [5.41, 5.74) is 2.19. The number of amides is 1. The van der Waals surface area contributed by atoms with Gasteiger partial charge < -0.3 is 9.47 Å². The first-order valence-electron chi connectivity index (χ1n) is 8.49. The van der Waals surface area contributed by atoms with E-state index in [1.165, 1.54) is 17.3 Å². The lowest BCUT2D eigenvalue weighted by Gasteiger charge is -2.16. The molecule has 1 atom stereocenters. The molecule has 0 N–H and O–H groups in total. The van der Waals surface area contributed by atoms with Crippen LogP contribution in [0.1, 0.15) is 11.1 Å². The zero-order valence-corrected chi connectivity index (χ0v) is 18.3. The molecule has 0 aromatic heterocycles. The van der Waals surface area contributed by atoms with Crippen molar-refractivity contribution in [1.82, 2.24) is 4.90 Å². The molecule has 0 spiro atoms. The van der Waals surface area contributed by atoms with Gasteiger partial charge in [0.05, 0.1) is 19.5 Å². The molecule has 0 radical (unpaired) electrons. The molecule has 1 fully saturated rings. The van der Waals surface area contributed by atoms with Gasteiger partial charge >= 0.3 is 0 Å². The number of carbonyl (C=O) groups is 1. The summed E-state index contributed by atoms with van der Waals surface area (Å²) in [6.07, 6.45) is 1.37. The van der Waals surface area contributed by atoms with Gasteiger partial charge in [0.25, 0.3) is 0 Å². The van der Waals surface area contributed by atoms with E-state index in [0.29, 0.717) is 28.8 Å². The highest BCUT2D eigenvalue weighted by Gasteiger charge is 2.37. The second-order valence-electron chi connectivity index (χ2n) is 6.10. The molecule has 142 valence electrons. The second-order valence-corrected chi connectivity index (χ2v) is 8.79. The van der Waals surface area contributed by atoms with Crippen LogP contribution in [0.4, 0.5) is 0 Å². The van der Waals surface area contributed by atoms with Crippen molar-refractivity contribution >= 4 is 50.1 Å². The summed E-state index contributed by atoms with van der Waals surface area (Å²) >= 11 is 10.5. The number of carbonyl (C=O) groups excluding carboxylic acids is 1. The highest BCUT2D eigenvalue weighted by molar-refractivity contribution is 9.10. The standard InChI is InChI=1S/C20H20BrNO3S2/c1-24-16-10-14(15(21)12-17(16)25-2)11-18-19(23)22(20(26)27-18)9-8-13-6-4-3-5-7-13/h3-7,10,12,18H,8-9,11H2,1-2H3/t18-/m1/s1. The summed E-state index contributed by atoms with van der Waals surface area (Å²) < 4.78 is 12.2. The monoisotopic (exact) mass is 465 g/mol. The number of nitrogens with zero attached hydrogens (tertiary/aromatic N) is 1. The topological polar surface area (TPSA) is 38.8 Å². The summed E-state index contributed by atoms with van der Waals surface area (Å²) in [7, 11) is 3.20. The molecule has 4 nitrogen and oxygen atoms in total. The number of methoxy groups -OCH3 is 2. The van der Waals surface area contributed by atoms with Crippen molar-refractivity contribution in [2.24, 2.45) is 0 Å². The van der Waals surface area contributed by atoms with E-state index in [0.717, 1.165) is 16.5 Å². The van der Waals surface area contributed by atoms with Crippen LogP contribution in [0.25, 0.3) is 0 Å². The minimum absolute atomic E-state index is 0.0719. The van der Waals surface area contributed by atoms with Gasteiger partial charge in [0.1, 0.15) is 4.32 Å². The number of ether oxygens (including phenoxy) is 2. The van der Waals surface area contributed by atoms with Crippen molar-refractivity contribution in [3.8, 4) is 11.5 Å². The van der Waals surface area contributed by atoms with Crippen LogP contribution in [0.2, 0.25) is 0 Å². The summed E-state index contributed by atoms with van der Waals surface area (Å²) in [6.45, 7) is 0.609. The maximum absolute atomic E-state index is 12.9. The fraction of sp³-hybridized carbons (Fsp3) is 0.300. The molecule has 0 bridgehead atoms. The van der Waals surface area contributed by atoms with Crippen molar-refractivity contribution < 1.29 is 14.3 Å². The highest BCUT2D eigenvalue weighted by atomic mass is 79.9. The van der Waals surface area contributed by atoms with E-state index in [1.807, 2.05) is 30.3 Å². The van der Waals surface area contributed by atoms with Crippen molar-refractivity contribution in [3.05, 3.63) is 58.1 Å². The fourth-order valence-corrected chi connectivity index (χ4v) is 5.02. The van der Waals surface area contributed by atoms with E-state index in [-0.39, 0.29) is 11.2 Å². The molecule has 1 heterocycles. The number of thiocarbonyl (C=S) groups is 1. The van der Waals surface area contributed by atoms with Crippen LogP contribution >= 0.6 is 39.9 Å². The molecule has 1 aliphatic rings. The van der Waals surface area contributed by atoms with Gasteiger partial charge in [0, 0.05) is 11.0 Å². The van der Waals surface area contributed by atoms with E-state index in [1.54, 1.807) is 19.1 Å². The minimum atomic E-state index is -0.220. The van der Waals surface area contributed by atoms with Crippen molar-refractivity contribution in [2.75, 3.05) is 20.8 Å². The molecule has 0 saturated carbocycles. The molecule has 0 unspecified atom stereocenters. The van der Waals surface area contributed by atoms with Crippen LogP contribution < -0.4 is 9.47 Å². The Morgan fingerprint density at radius 3 is 2.48 bits per heavy atom. The fourth-order valence-electron chi connectivity index (χ4n) is 2.97. The first-order chi connectivity index (χ1) is 13.0. The average molecular weight is 466 g/mol. The zero-order valence-electron chi connectivity index (χ0n) is 15.1. The molecular formula is C20H20BrNO3S2. The third kappa shape index (κ3) is 4.65. The number of benzene rings is 2. The van der Waals surface area contributed by atoms with E-state index < -0.39 is 0 Å². The Balaban J connectivity index is 1.70. The predicted molar refractivity (Wildman–Crippen MR) is 117 cm³/mol. The number of halogens is 1. The van der Waals surface area contributed by atoms with Crippen LogP contribution in [0.5, 0.6) is 11.5 Å². The van der Waals surface area contributed by atoms with Crippen molar-refractivity contribution in [2.45, 2.75) is 18.1 Å². The van der Waals surface area contributed by atoms with E-state index >= 15 is 0 Å². The number of hydrogen-bond acceptors (Lipinski definition) is 5. The first-order valence-corrected chi connectivity index (χ1v) is 10.6. The lowest BCUT2D eigenvalue weighted by atomic mass is 10.1. The number of thioether (sulfide) groups is 1. The molecule has 0 aliphatic carbocycles. The average Bonchev–Trinajstić information content (AvgIpc) is 2.95. The molecular weight excluding hydrogens is 446 g/mol. The summed E-state index contributed by atoms with van der Waals surface area (Å²) in [5.74, 6) is 1.37. The highest BCUT2D eigenvalue weighted by Crippen LogP contribution is 2.37. The van der Waals surface area contributed by atoms with Gasteiger partial charge in [-0.05, 0) is 36.1 Å². The van der Waals surface area contributed by atoms with Crippen LogP contribution in [0.15, 0.2) is 46.9 Å². The van der Waals surface area contributed by atoms with Gasteiger partial charge in [-0.25, -0.2) is 0 Å². The summed E-state index contributed by atoms with van der Waals surface area (Å²) in [5, 5.41) is -0.220. The largest absolute Gasteiger partial charge is 0.493 e. The third-order valence-electron chi connectivity index (χ3n) is 4.43. The Kier molecular flexibility index (Phi) is 6.78. The molecule has 1 amide bonds. The van der Waals surface area contributed by atoms with Crippen molar-refractivity contribution in [1.29, 1.82) is 0 Å². The molecule has 2 aromatic rings. The minimum Gasteiger partial charge on any atom is -0.493 e. The van der Waals surface area contributed by atoms with Gasteiger partial charge in [-0.3, -0.25) is 9.69 Å². The summed E-state index contributed by atoms with van der Waals surface area (Å²) in [4.78, 5) is 14.6. The Bertz CT molecular complexity index is 845. The Morgan fingerprint density at radius 1 is 1.15 bits per heavy atom. The van der Waals surface area contributed by atoms with Crippen LogP contribution in [0, 0.1) is 0 Å². The SMILES string of the molecule is COc1cc(Br)c(C[C@H]2SC(=S)N(CCc3ccccc3)C2=O)cc1OC. The molecule has 1 saturated heterocycles. The Hall–Kier alpha value is -1.57. The smallest absolute Gasteiger partial charge is 0.241 e. The third-order valence-corrected chi connectivity index (χ3v) is 6.75. The molecule has 2 aromatic carbocycles. The maximum atomic E-state index is 12.9. The van der Waals surface area contributed by atoms with Gasteiger partial charge in [0.2, 0.25) is 5.91 Å². The van der Waals surface area contributed by atoms with E-state index in [4.69, 9.17) is 21.7 Å². The quantitative estimate of drug-likeness (QED) is 0.563. The Morgan fingerprint density at radius 2 is 1.81 bits per heavy atom. The maximum Gasteiger partial charge on any atom is 0.241 e. The van der Waals surface area contributed by atoms with Gasteiger partial charge in [0.15, 0.2) is 11.5 Å². The van der Waals surface area contributed by atoms with Crippen LogP contribution in [-0.4, -0.2) is 41.1 Å². The van der Waals surface area contributed by atoms with Gasteiger partial charge in [-0.1, -0.05) is 70.2 Å². The van der Waals surface area contributed by atoms with Crippen LogP contribution in [-0.2, 0) is 17.6 Å². The normalized spacial score (nSPS) is 16.7. The lowest BCUT2D eigenvalue weighted by Crippen LogP contribution is -2.33. The molecule has 1 aliphatic heterocycles. The van der Waals surface area contributed by atoms with Gasteiger partial charge in [-0.2, -0.15) is 0 Å². The number of rotatable bonds is 7. The molecule has 7 heteroatoms. The molecule has 27 heavy (non-hydrogen) atoms. The van der Waals surface area contributed by atoms with E-state index in [2.05, 4.69) is 28.1 Å². The Labute approximate surface area is 177 Å². The van der Waals surface area contributed by atoms with E-state index in [9.17, 15) is 4.79 Å². The first kappa shape index (κ1) is 20.2. The van der Waals surface area contributed by atoms with Gasteiger partial charge in [-0.15, -0.1) is 0 Å². The van der Waals surface area contributed by atoms with Crippen molar-refractivity contribution in [3.63, 3.8) is 0 Å². The lowest BCUT2D eigenvalue weighted by molar-refractivity contribution is -0.126.